The Morgan fingerprint density at radius 3 is 2.33 bits per heavy atom. The Morgan fingerprint density at radius 2 is 1.77 bits per heavy atom. The van der Waals surface area contributed by atoms with E-state index in [9.17, 15) is 9.59 Å². The molecule has 0 aromatic heterocycles. The molecule has 0 bridgehead atoms. The Balaban J connectivity index is 2.07. The third-order valence-electron chi connectivity index (χ3n) is 5.00. The number of ether oxygens (including phenoxy) is 5. The van der Waals surface area contributed by atoms with Crippen LogP contribution >= 0.6 is 0 Å². The fourth-order valence-corrected chi connectivity index (χ4v) is 3.58. The first-order valence-corrected chi connectivity index (χ1v) is 10.1. The monoisotopic (exact) mass is 423 g/mol. The Hall–Kier alpha value is -2.48. The van der Waals surface area contributed by atoms with Crippen LogP contribution in [-0.2, 0) is 14.3 Å². The van der Waals surface area contributed by atoms with Gasteiger partial charge in [0.05, 0.1) is 21.3 Å². The van der Waals surface area contributed by atoms with E-state index in [-0.39, 0.29) is 29.9 Å². The smallest absolute Gasteiger partial charge is 0.342 e. The lowest BCUT2D eigenvalue weighted by Crippen LogP contribution is -2.46. The number of hydrogen-bond acceptors (Lipinski definition) is 8. The zero-order valence-corrected chi connectivity index (χ0v) is 18.9. The standard InChI is InChI=1S/C22H33NO7/c1-14(20(24)30-22(2,3)4)23-12-8-9-15(23)13-29-21(25)16-10-11-17(26-5)19(28-7)18(16)27-6/h10-11,14-15H,8-9,12-13H2,1-7H3/t14-,15-/m0/s1. The zero-order valence-electron chi connectivity index (χ0n) is 18.9. The second-order valence-electron chi connectivity index (χ2n) is 8.22. The number of rotatable bonds is 8. The van der Waals surface area contributed by atoms with Gasteiger partial charge in [0.15, 0.2) is 11.5 Å². The fourth-order valence-electron chi connectivity index (χ4n) is 3.58. The number of carbonyl (C=O) groups excluding carboxylic acids is 2. The van der Waals surface area contributed by atoms with Crippen LogP contribution in [0, 0.1) is 0 Å². The maximum absolute atomic E-state index is 12.7. The summed E-state index contributed by atoms with van der Waals surface area (Å²) in [7, 11) is 4.44. The van der Waals surface area contributed by atoms with Gasteiger partial charge in [0.25, 0.3) is 0 Å². The van der Waals surface area contributed by atoms with Crippen LogP contribution in [0.1, 0.15) is 50.9 Å². The summed E-state index contributed by atoms with van der Waals surface area (Å²) < 4.78 is 27.0. The van der Waals surface area contributed by atoms with Crippen molar-refractivity contribution in [1.29, 1.82) is 0 Å². The van der Waals surface area contributed by atoms with Crippen LogP contribution in [0.25, 0.3) is 0 Å². The predicted molar refractivity (Wildman–Crippen MR) is 111 cm³/mol. The Kier molecular flexibility index (Phi) is 7.95. The maximum atomic E-state index is 12.7. The number of carbonyl (C=O) groups is 2. The summed E-state index contributed by atoms with van der Waals surface area (Å²) in [5, 5.41) is 0. The van der Waals surface area contributed by atoms with E-state index in [1.807, 2.05) is 32.6 Å². The zero-order chi connectivity index (χ0) is 22.5. The van der Waals surface area contributed by atoms with Crippen molar-refractivity contribution in [2.45, 2.75) is 58.2 Å². The lowest BCUT2D eigenvalue weighted by Gasteiger charge is -2.31. The van der Waals surface area contributed by atoms with E-state index in [1.165, 1.54) is 21.3 Å². The molecule has 1 aliphatic heterocycles. The molecule has 0 saturated carbocycles. The molecule has 8 heteroatoms. The van der Waals surface area contributed by atoms with E-state index < -0.39 is 17.6 Å². The number of likely N-dealkylation sites (tertiary alicyclic amines) is 1. The van der Waals surface area contributed by atoms with Crippen molar-refractivity contribution >= 4 is 11.9 Å². The van der Waals surface area contributed by atoms with E-state index in [2.05, 4.69) is 0 Å². The minimum Gasteiger partial charge on any atom is -0.493 e. The summed E-state index contributed by atoms with van der Waals surface area (Å²) in [5.74, 6) is 0.244. The molecule has 0 unspecified atom stereocenters. The molecule has 0 radical (unpaired) electrons. The topological polar surface area (TPSA) is 83.5 Å². The van der Waals surface area contributed by atoms with Gasteiger partial charge in [0.1, 0.15) is 23.8 Å². The second kappa shape index (κ2) is 10.0. The highest BCUT2D eigenvalue weighted by atomic mass is 16.6. The number of esters is 2. The van der Waals surface area contributed by atoms with Crippen molar-refractivity contribution in [2.75, 3.05) is 34.5 Å². The summed E-state index contributed by atoms with van der Waals surface area (Å²) in [6.07, 6.45) is 1.76. The van der Waals surface area contributed by atoms with Crippen LogP contribution in [0.15, 0.2) is 12.1 Å². The van der Waals surface area contributed by atoms with Crippen molar-refractivity contribution in [3.63, 3.8) is 0 Å². The normalized spacial score (nSPS) is 17.9. The molecule has 0 aliphatic carbocycles. The summed E-state index contributed by atoms with van der Waals surface area (Å²) >= 11 is 0. The fraction of sp³-hybridized carbons (Fsp3) is 0.636. The molecule has 168 valence electrons. The van der Waals surface area contributed by atoms with Gasteiger partial charge in [-0.15, -0.1) is 0 Å². The summed E-state index contributed by atoms with van der Waals surface area (Å²) in [6, 6.07) is 2.75. The van der Waals surface area contributed by atoms with Crippen molar-refractivity contribution in [3.05, 3.63) is 17.7 Å². The predicted octanol–water partition coefficient (Wildman–Crippen LogP) is 3.06. The molecule has 1 saturated heterocycles. The number of benzene rings is 1. The van der Waals surface area contributed by atoms with Crippen molar-refractivity contribution in [1.82, 2.24) is 4.90 Å². The summed E-state index contributed by atoms with van der Waals surface area (Å²) in [6.45, 7) is 8.28. The van der Waals surface area contributed by atoms with Crippen molar-refractivity contribution in [3.8, 4) is 17.2 Å². The highest BCUT2D eigenvalue weighted by Gasteiger charge is 2.35. The van der Waals surface area contributed by atoms with Gasteiger partial charge in [-0.05, 0) is 59.2 Å². The molecular formula is C22H33NO7. The first-order valence-electron chi connectivity index (χ1n) is 10.1. The lowest BCUT2D eigenvalue weighted by atomic mass is 10.1. The van der Waals surface area contributed by atoms with Crippen LogP contribution in [0.4, 0.5) is 0 Å². The van der Waals surface area contributed by atoms with E-state index in [0.717, 1.165) is 19.4 Å². The average Bonchev–Trinajstić information content (AvgIpc) is 3.17. The molecule has 1 heterocycles. The molecule has 30 heavy (non-hydrogen) atoms. The van der Waals surface area contributed by atoms with Gasteiger partial charge in [-0.3, -0.25) is 9.69 Å². The van der Waals surface area contributed by atoms with E-state index in [0.29, 0.717) is 11.5 Å². The highest BCUT2D eigenvalue weighted by Crippen LogP contribution is 2.40. The van der Waals surface area contributed by atoms with Gasteiger partial charge < -0.3 is 23.7 Å². The lowest BCUT2D eigenvalue weighted by molar-refractivity contribution is -0.161. The molecule has 1 aliphatic rings. The van der Waals surface area contributed by atoms with Gasteiger partial charge in [0, 0.05) is 6.04 Å². The number of nitrogens with zero attached hydrogens (tertiary/aromatic N) is 1. The van der Waals surface area contributed by atoms with Gasteiger partial charge in [-0.1, -0.05) is 0 Å². The summed E-state index contributed by atoms with van der Waals surface area (Å²) in [5.41, 5.74) is -0.295. The van der Waals surface area contributed by atoms with Gasteiger partial charge in [-0.25, -0.2) is 4.79 Å². The van der Waals surface area contributed by atoms with Crippen LogP contribution in [-0.4, -0.2) is 69.0 Å². The molecule has 1 fully saturated rings. The largest absolute Gasteiger partial charge is 0.493 e. The Labute approximate surface area is 178 Å². The maximum Gasteiger partial charge on any atom is 0.342 e. The Morgan fingerprint density at radius 1 is 1.10 bits per heavy atom. The summed E-state index contributed by atoms with van der Waals surface area (Å²) in [4.78, 5) is 27.2. The van der Waals surface area contributed by atoms with E-state index in [1.54, 1.807) is 12.1 Å². The third kappa shape index (κ3) is 5.56. The van der Waals surface area contributed by atoms with Crippen molar-refractivity contribution in [2.24, 2.45) is 0 Å². The van der Waals surface area contributed by atoms with E-state index >= 15 is 0 Å². The van der Waals surface area contributed by atoms with E-state index in [4.69, 9.17) is 23.7 Å². The molecule has 1 aromatic rings. The molecule has 2 atom stereocenters. The molecule has 2 rings (SSSR count). The average molecular weight is 424 g/mol. The van der Waals surface area contributed by atoms with Crippen LogP contribution < -0.4 is 14.2 Å². The second-order valence-corrected chi connectivity index (χ2v) is 8.22. The minimum absolute atomic E-state index is 0.0531. The number of hydrogen-bond donors (Lipinski definition) is 0. The Bertz CT molecular complexity index is 757. The van der Waals surface area contributed by atoms with Gasteiger partial charge >= 0.3 is 11.9 Å². The van der Waals surface area contributed by atoms with Crippen molar-refractivity contribution < 1.29 is 33.3 Å². The first-order chi connectivity index (χ1) is 14.1. The van der Waals surface area contributed by atoms with Crippen LogP contribution in [0.2, 0.25) is 0 Å². The number of methoxy groups -OCH3 is 3. The molecule has 0 amide bonds. The quantitative estimate of drug-likeness (QED) is 0.590. The molecule has 1 aromatic carbocycles. The molecule has 8 nitrogen and oxygen atoms in total. The first kappa shape index (κ1) is 23.8. The van der Waals surface area contributed by atoms with Gasteiger partial charge in [0.2, 0.25) is 5.75 Å². The SMILES string of the molecule is COc1ccc(C(=O)OC[C@@H]2CCCN2[C@@H](C)C(=O)OC(C)(C)C)c(OC)c1OC. The third-order valence-corrected chi connectivity index (χ3v) is 5.00. The van der Waals surface area contributed by atoms with Crippen LogP contribution in [0.5, 0.6) is 17.2 Å². The van der Waals surface area contributed by atoms with Gasteiger partial charge in [-0.2, -0.15) is 0 Å². The highest BCUT2D eigenvalue weighted by molar-refractivity contribution is 5.94. The molecule has 0 N–H and O–H groups in total. The molecular weight excluding hydrogens is 390 g/mol. The van der Waals surface area contributed by atoms with Crippen LogP contribution in [0.3, 0.4) is 0 Å². The minimum atomic E-state index is -0.545. The molecule has 0 spiro atoms.